The van der Waals surface area contributed by atoms with Crippen molar-refractivity contribution in [2.24, 2.45) is 0 Å². The van der Waals surface area contributed by atoms with Gasteiger partial charge in [-0.15, -0.1) is 0 Å². The molecule has 176 valence electrons. The van der Waals surface area contributed by atoms with Gasteiger partial charge in [0.1, 0.15) is 0 Å². The summed E-state index contributed by atoms with van der Waals surface area (Å²) in [6.07, 6.45) is 7.58. The van der Waals surface area contributed by atoms with E-state index in [-0.39, 0.29) is 55.0 Å². The number of nitrogens with one attached hydrogen (secondary N) is 1. The van der Waals surface area contributed by atoms with Crippen LogP contribution in [0.25, 0.3) is 21.9 Å². The SMILES string of the molecule is O=C(Nc1c(Cl)cncc1Cl)c1ccc(OC(F)F)c2oc3c(=O)n(C4CCCC4)ncc3c12. The molecule has 1 amide bonds. The largest absolute Gasteiger partial charge is 0.446 e. The van der Waals surface area contributed by atoms with E-state index in [0.29, 0.717) is 0 Å². The van der Waals surface area contributed by atoms with E-state index in [1.54, 1.807) is 0 Å². The van der Waals surface area contributed by atoms with Gasteiger partial charge in [-0.1, -0.05) is 36.0 Å². The van der Waals surface area contributed by atoms with Gasteiger partial charge < -0.3 is 14.5 Å². The fourth-order valence-corrected chi connectivity index (χ4v) is 4.72. The van der Waals surface area contributed by atoms with Crippen molar-refractivity contribution < 1.29 is 22.7 Å². The Kier molecular flexibility index (Phi) is 5.86. The molecule has 1 aliphatic carbocycles. The second-order valence-corrected chi connectivity index (χ2v) is 8.62. The Labute approximate surface area is 200 Å². The third-order valence-electron chi connectivity index (χ3n) is 5.78. The predicted octanol–water partition coefficient (Wildman–Crippen LogP) is 5.81. The van der Waals surface area contributed by atoms with E-state index in [0.717, 1.165) is 25.7 Å². The zero-order chi connectivity index (χ0) is 24.0. The molecule has 5 rings (SSSR count). The highest BCUT2D eigenvalue weighted by Crippen LogP contribution is 2.38. The number of alkyl halides is 2. The van der Waals surface area contributed by atoms with Gasteiger partial charge in [0.15, 0.2) is 11.3 Å². The molecule has 34 heavy (non-hydrogen) atoms. The summed E-state index contributed by atoms with van der Waals surface area (Å²) >= 11 is 12.2. The number of rotatable bonds is 5. The number of furan rings is 1. The second kappa shape index (κ2) is 8.84. The van der Waals surface area contributed by atoms with E-state index >= 15 is 0 Å². The first kappa shape index (κ1) is 22.5. The summed E-state index contributed by atoms with van der Waals surface area (Å²) in [5.41, 5.74) is -0.623. The zero-order valence-electron chi connectivity index (χ0n) is 17.4. The van der Waals surface area contributed by atoms with Gasteiger partial charge in [-0.2, -0.15) is 13.9 Å². The number of carbonyl (C=O) groups is 1. The molecule has 8 nitrogen and oxygen atoms in total. The van der Waals surface area contributed by atoms with Gasteiger partial charge in [0.05, 0.1) is 38.9 Å². The van der Waals surface area contributed by atoms with Crippen LogP contribution in [0.2, 0.25) is 10.0 Å². The van der Waals surface area contributed by atoms with Crippen molar-refractivity contribution in [3.05, 3.63) is 56.7 Å². The molecule has 12 heteroatoms. The van der Waals surface area contributed by atoms with Crippen molar-refractivity contribution in [1.82, 2.24) is 14.8 Å². The number of benzene rings is 1. The first-order valence-electron chi connectivity index (χ1n) is 10.4. The number of pyridine rings is 1. The second-order valence-electron chi connectivity index (χ2n) is 7.80. The summed E-state index contributed by atoms with van der Waals surface area (Å²) in [5, 5.41) is 7.40. The summed E-state index contributed by atoms with van der Waals surface area (Å²) in [7, 11) is 0. The van der Waals surface area contributed by atoms with Crippen molar-refractivity contribution in [3.8, 4) is 5.75 Å². The average Bonchev–Trinajstić information content (AvgIpc) is 3.45. The summed E-state index contributed by atoms with van der Waals surface area (Å²) < 4.78 is 37.7. The molecular weight excluding hydrogens is 493 g/mol. The van der Waals surface area contributed by atoms with Crippen molar-refractivity contribution in [2.45, 2.75) is 38.3 Å². The van der Waals surface area contributed by atoms with E-state index in [1.165, 1.54) is 35.4 Å². The molecule has 0 unspecified atom stereocenters. The molecule has 0 spiro atoms. The minimum Gasteiger partial charge on any atom is -0.446 e. The molecule has 1 aliphatic rings. The highest BCUT2D eigenvalue weighted by atomic mass is 35.5. The van der Waals surface area contributed by atoms with Gasteiger partial charge in [-0.3, -0.25) is 14.6 Å². The number of aromatic nitrogens is 3. The van der Waals surface area contributed by atoms with Gasteiger partial charge in [0.25, 0.3) is 5.91 Å². The van der Waals surface area contributed by atoms with Crippen LogP contribution in [0.5, 0.6) is 5.75 Å². The smallest absolute Gasteiger partial charge is 0.387 e. The standard InChI is InChI=1S/C22H16Cl2F2N4O4/c23-13-8-27-9-14(24)17(13)29-20(31)11-5-6-15(33-22(25)26)19-16(11)12-7-28-30(10-3-1-2-4-10)21(32)18(12)34-19/h5-10,22H,1-4H2,(H,27,29,31). The average molecular weight is 509 g/mol. The van der Waals surface area contributed by atoms with E-state index in [2.05, 4.69) is 20.1 Å². The van der Waals surface area contributed by atoms with E-state index < -0.39 is 18.1 Å². The highest BCUT2D eigenvalue weighted by Gasteiger charge is 2.26. The monoisotopic (exact) mass is 508 g/mol. The van der Waals surface area contributed by atoms with Crippen LogP contribution >= 0.6 is 23.2 Å². The molecule has 3 heterocycles. The van der Waals surface area contributed by atoms with Crippen molar-refractivity contribution in [3.63, 3.8) is 0 Å². The number of anilines is 1. The zero-order valence-corrected chi connectivity index (χ0v) is 18.9. The summed E-state index contributed by atoms with van der Waals surface area (Å²) in [5.74, 6) is -0.976. The number of nitrogens with zero attached hydrogens (tertiary/aromatic N) is 3. The Morgan fingerprint density at radius 1 is 1.15 bits per heavy atom. The minimum atomic E-state index is -3.14. The van der Waals surface area contributed by atoms with Crippen LogP contribution in [0, 0.1) is 0 Å². The quantitative estimate of drug-likeness (QED) is 0.365. The molecule has 0 saturated heterocycles. The van der Waals surface area contributed by atoms with Crippen LogP contribution < -0.4 is 15.6 Å². The van der Waals surface area contributed by atoms with Gasteiger partial charge in [-0.05, 0) is 25.0 Å². The van der Waals surface area contributed by atoms with Crippen LogP contribution in [0.3, 0.4) is 0 Å². The molecule has 0 radical (unpaired) electrons. The van der Waals surface area contributed by atoms with Crippen LogP contribution in [-0.2, 0) is 0 Å². The summed E-state index contributed by atoms with van der Waals surface area (Å²) in [6, 6.07) is 2.39. The Morgan fingerprint density at radius 2 is 1.85 bits per heavy atom. The summed E-state index contributed by atoms with van der Waals surface area (Å²) in [6.45, 7) is -3.14. The molecule has 1 fully saturated rings. The lowest BCUT2D eigenvalue weighted by molar-refractivity contribution is -0.0493. The number of fused-ring (bicyclic) bond motifs is 3. The lowest BCUT2D eigenvalue weighted by Gasteiger charge is -2.11. The van der Waals surface area contributed by atoms with Crippen LogP contribution in [0.1, 0.15) is 42.1 Å². The maximum atomic E-state index is 13.2. The van der Waals surface area contributed by atoms with Crippen molar-refractivity contribution in [2.75, 3.05) is 5.32 Å². The maximum absolute atomic E-state index is 13.2. The lowest BCUT2D eigenvalue weighted by atomic mass is 10.1. The molecule has 1 aromatic carbocycles. The molecule has 3 aromatic heterocycles. The van der Waals surface area contributed by atoms with Crippen molar-refractivity contribution in [1.29, 1.82) is 0 Å². The lowest BCUT2D eigenvalue weighted by Crippen LogP contribution is -2.25. The fourth-order valence-electron chi connectivity index (χ4n) is 4.26. The van der Waals surface area contributed by atoms with Crippen LogP contribution in [-0.4, -0.2) is 27.3 Å². The van der Waals surface area contributed by atoms with E-state index in [9.17, 15) is 18.4 Å². The first-order valence-corrected chi connectivity index (χ1v) is 11.1. The fraction of sp³-hybridized carbons (Fsp3) is 0.273. The maximum Gasteiger partial charge on any atom is 0.387 e. The Morgan fingerprint density at radius 3 is 2.53 bits per heavy atom. The molecule has 1 saturated carbocycles. The molecule has 1 N–H and O–H groups in total. The van der Waals surface area contributed by atoms with Crippen molar-refractivity contribution >= 4 is 56.7 Å². The molecule has 0 bridgehead atoms. The normalized spacial score (nSPS) is 14.4. The molecule has 0 atom stereocenters. The van der Waals surface area contributed by atoms with Gasteiger partial charge in [-0.25, -0.2) is 4.68 Å². The number of amides is 1. The topological polar surface area (TPSA) is 99.3 Å². The number of carbonyl (C=O) groups excluding carboxylic acids is 1. The number of ether oxygens (including phenoxy) is 1. The number of hydrogen-bond donors (Lipinski definition) is 1. The van der Waals surface area contributed by atoms with Crippen LogP contribution in [0.4, 0.5) is 14.5 Å². The summed E-state index contributed by atoms with van der Waals surface area (Å²) in [4.78, 5) is 30.2. The Hall–Kier alpha value is -3.24. The van der Waals surface area contributed by atoms with Crippen LogP contribution in [0.15, 0.2) is 39.9 Å². The minimum absolute atomic E-state index is 0.0270. The highest BCUT2D eigenvalue weighted by molar-refractivity contribution is 6.40. The Balaban J connectivity index is 1.70. The molecule has 4 aromatic rings. The van der Waals surface area contributed by atoms with Gasteiger partial charge in [0.2, 0.25) is 5.58 Å². The first-order chi connectivity index (χ1) is 16.3. The van der Waals surface area contributed by atoms with Gasteiger partial charge in [0, 0.05) is 17.8 Å². The van der Waals surface area contributed by atoms with Gasteiger partial charge >= 0.3 is 12.2 Å². The number of hydrogen-bond acceptors (Lipinski definition) is 6. The van der Waals surface area contributed by atoms with E-state index in [4.69, 9.17) is 27.6 Å². The predicted molar refractivity (Wildman–Crippen MR) is 122 cm³/mol. The molecule has 0 aliphatic heterocycles. The molecular formula is C22H16Cl2F2N4O4. The Bertz CT molecular complexity index is 1460. The van der Waals surface area contributed by atoms with E-state index in [1.807, 2.05) is 0 Å². The third kappa shape index (κ3) is 3.86. The number of halogens is 4. The third-order valence-corrected chi connectivity index (χ3v) is 6.35.